The summed E-state index contributed by atoms with van der Waals surface area (Å²) in [5, 5.41) is 0. The van der Waals surface area contributed by atoms with E-state index >= 15 is 0 Å². The second-order valence-corrected chi connectivity index (χ2v) is 6.08. The van der Waals surface area contributed by atoms with Gasteiger partial charge in [-0.25, -0.2) is 4.98 Å². The minimum atomic E-state index is 0.857. The SMILES string of the molecule is CN1CN(Cc2ccccc2)c2cc(Cn3ccnc3)ccc21. The first-order valence-electron chi connectivity index (χ1n) is 7.88. The summed E-state index contributed by atoms with van der Waals surface area (Å²) in [6, 6.07) is 17.4. The number of imidazole rings is 1. The summed E-state index contributed by atoms with van der Waals surface area (Å²) in [5.41, 5.74) is 5.26. The molecular weight excluding hydrogens is 284 g/mol. The second-order valence-electron chi connectivity index (χ2n) is 6.08. The van der Waals surface area contributed by atoms with E-state index < -0.39 is 0 Å². The molecule has 0 fully saturated rings. The average molecular weight is 304 g/mol. The van der Waals surface area contributed by atoms with E-state index in [1.807, 2.05) is 18.7 Å². The van der Waals surface area contributed by atoms with Gasteiger partial charge in [0.05, 0.1) is 24.4 Å². The number of fused-ring (bicyclic) bond motifs is 1. The highest BCUT2D eigenvalue weighted by molar-refractivity contribution is 5.76. The first-order valence-corrected chi connectivity index (χ1v) is 7.88. The van der Waals surface area contributed by atoms with E-state index in [4.69, 9.17) is 0 Å². The molecule has 3 aromatic rings. The van der Waals surface area contributed by atoms with E-state index in [0.29, 0.717) is 0 Å². The Morgan fingerprint density at radius 3 is 2.61 bits per heavy atom. The van der Waals surface area contributed by atoms with E-state index in [1.165, 1.54) is 22.5 Å². The first kappa shape index (κ1) is 13.9. The van der Waals surface area contributed by atoms with Gasteiger partial charge in [-0.3, -0.25) is 0 Å². The molecule has 4 rings (SSSR count). The largest absolute Gasteiger partial charge is 0.355 e. The van der Waals surface area contributed by atoms with Crippen molar-refractivity contribution < 1.29 is 0 Å². The van der Waals surface area contributed by atoms with Crippen molar-refractivity contribution in [2.45, 2.75) is 13.1 Å². The first-order chi connectivity index (χ1) is 11.3. The third-order valence-corrected chi connectivity index (χ3v) is 4.32. The molecular formula is C19H20N4. The maximum atomic E-state index is 4.12. The Kier molecular flexibility index (Phi) is 3.50. The molecule has 116 valence electrons. The lowest BCUT2D eigenvalue weighted by molar-refractivity contribution is 0.794. The highest BCUT2D eigenvalue weighted by atomic mass is 15.4. The van der Waals surface area contributed by atoms with Crippen LogP contribution in [0.1, 0.15) is 11.1 Å². The van der Waals surface area contributed by atoms with Crippen LogP contribution in [0.4, 0.5) is 11.4 Å². The van der Waals surface area contributed by atoms with E-state index in [2.05, 4.69) is 74.9 Å². The lowest BCUT2D eigenvalue weighted by Crippen LogP contribution is -2.27. The fourth-order valence-corrected chi connectivity index (χ4v) is 3.18. The van der Waals surface area contributed by atoms with Crippen molar-refractivity contribution in [1.82, 2.24) is 9.55 Å². The van der Waals surface area contributed by atoms with Crippen molar-refractivity contribution in [3.05, 3.63) is 78.4 Å². The van der Waals surface area contributed by atoms with Gasteiger partial charge in [0, 0.05) is 32.5 Å². The number of benzene rings is 2. The molecule has 0 N–H and O–H groups in total. The molecule has 4 heteroatoms. The Hall–Kier alpha value is -2.75. The van der Waals surface area contributed by atoms with Crippen LogP contribution in [-0.4, -0.2) is 23.3 Å². The summed E-state index contributed by atoms with van der Waals surface area (Å²) < 4.78 is 2.10. The van der Waals surface area contributed by atoms with Gasteiger partial charge >= 0.3 is 0 Å². The lowest BCUT2D eigenvalue weighted by atomic mass is 10.1. The van der Waals surface area contributed by atoms with Crippen molar-refractivity contribution in [2.24, 2.45) is 0 Å². The maximum Gasteiger partial charge on any atom is 0.0949 e. The van der Waals surface area contributed by atoms with Crippen LogP contribution in [0.25, 0.3) is 0 Å². The van der Waals surface area contributed by atoms with Crippen LogP contribution >= 0.6 is 0 Å². The molecule has 1 aromatic heterocycles. The number of nitrogens with zero attached hydrogens (tertiary/aromatic N) is 4. The Bertz CT molecular complexity index is 780. The highest BCUT2D eigenvalue weighted by Gasteiger charge is 2.23. The monoisotopic (exact) mass is 304 g/mol. The molecule has 23 heavy (non-hydrogen) atoms. The summed E-state index contributed by atoms with van der Waals surface area (Å²) in [4.78, 5) is 8.86. The number of anilines is 2. The van der Waals surface area contributed by atoms with Gasteiger partial charge in [0.25, 0.3) is 0 Å². The molecule has 0 saturated heterocycles. The molecule has 0 bridgehead atoms. The Labute approximate surface area is 136 Å². The number of rotatable bonds is 4. The molecule has 0 amide bonds. The molecule has 1 aliphatic rings. The van der Waals surface area contributed by atoms with E-state index in [0.717, 1.165) is 19.8 Å². The predicted molar refractivity (Wildman–Crippen MR) is 93.7 cm³/mol. The topological polar surface area (TPSA) is 24.3 Å². The van der Waals surface area contributed by atoms with Crippen LogP contribution in [0.3, 0.4) is 0 Å². The smallest absolute Gasteiger partial charge is 0.0949 e. The van der Waals surface area contributed by atoms with Gasteiger partial charge < -0.3 is 14.4 Å². The van der Waals surface area contributed by atoms with Crippen LogP contribution < -0.4 is 9.80 Å². The van der Waals surface area contributed by atoms with Gasteiger partial charge in [-0.15, -0.1) is 0 Å². The minimum absolute atomic E-state index is 0.857. The molecule has 0 aliphatic carbocycles. The van der Waals surface area contributed by atoms with Crippen molar-refractivity contribution >= 4 is 11.4 Å². The molecule has 2 heterocycles. The fourth-order valence-electron chi connectivity index (χ4n) is 3.18. The third kappa shape index (κ3) is 2.80. The molecule has 0 unspecified atom stereocenters. The molecule has 0 saturated carbocycles. The Balaban J connectivity index is 1.61. The summed E-state index contributed by atoms with van der Waals surface area (Å²) >= 11 is 0. The highest BCUT2D eigenvalue weighted by Crippen LogP contribution is 2.36. The molecule has 0 radical (unpaired) electrons. The Morgan fingerprint density at radius 2 is 1.83 bits per heavy atom. The number of hydrogen-bond acceptors (Lipinski definition) is 3. The summed E-state index contributed by atoms with van der Waals surface area (Å²) in [7, 11) is 2.15. The zero-order chi connectivity index (χ0) is 15.6. The van der Waals surface area contributed by atoms with Crippen molar-refractivity contribution in [3.8, 4) is 0 Å². The molecule has 2 aromatic carbocycles. The number of aromatic nitrogens is 2. The maximum absolute atomic E-state index is 4.12. The summed E-state index contributed by atoms with van der Waals surface area (Å²) in [6.45, 7) is 2.72. The molecule has 0 spiro atoms. The molecule has 0 atom stereocenters. The van der Waals surface area contributed by atoms with Crippen molar-refractivity contribution in [1.29, 1.82) is 0 Å². The standard InChI is InChI=1S/C19H20N4/c1-21-15-23(13-16-5-3-2-4-6-16)19-11-17(7-8-18(19)21)12-22-10-9-20-14-22/h2-11,14H,12-13,15H2,1H3. The van der Waals surface area contributed by atoms with Crippen LogP contribution in [-0.2, 0) is 13.1 Å². The van der Waals surface area contributed by atoms with Gasteiger partial charge in [-0.2, -0.15) is 0 Å². The minimum Gasteiger partial charge on any atom is -0.355 e. The third-order valence-electron chi connectivity index (χ3n) is 4.32. The van der Waals surface area contributed by atoms with E-state index in [9.17, 15) is 0 Å². The average Bonchev–Trinajstić information content (AvgIpc) is 3.18. The summed E-state index contributed by atoms with van der Waals surface area (Å²) in [6.07, 6.45) is 5.69. The zero-order valence-corrected chi connectivity index (χ0v) is 13.3. The normalized spacial score (nSPS) is 13.4. The van der Waals surface area contributed by atoms with Crippen LogP contribution in [0.2, 0.25) is 0 Å². The van der Waals surface area contributed by atoms with Gasteiger partial charge in [-0.05, 0) is 23.3 Å². The Morgan fingerprint density at radius 1 is 0.957 bits per heavy atom. The van der Waals surface area contributed by atoms with Gasteiger partial charge in [0.2, 0.25) is 0 Å². The van der Waals surface area contributed by atoms with Gasteiger partial charge in [0.15, 0.2) is 0 Å². The zero-order valence-electron chi connectivity index (χ0n) is 13.3. The quantitative estimate of drug-likeness (QED) is 0.739. The molecule has 4 nitrogen and oxygen atoms in total. The van der Waals surface area contributed by atoms with E-state index in [-0.39, 0.29) is 0 Å². The fraction of sp³-hybridized carbons (Fsp3) is 0.211. The van der Waals surface area contributed by atoms with Crippen molar-refractivity contribution in [3.63, 3.8) is 0 Å². The van der Waals surface area contributed by atoms with Gasteiger partial charge in [0.1, 0.15) is 0 Å². The second kappa shape index (κ2) is 5.80. The number of hydrogen-bond donors (Lipinski definition) is 0. The molecule has 1 aliphatic heterocycles. The lowest BCUT2D eigenvalue weighted by Gasteiger charge is -2.19. The van der Waals surface area contributed by atoms with Crippen LogP contribution in [0.15, 0.2) is 67.3 Å². The van der Waals surface area contributed by atoms with Crippen LogP contribution in [0.5, 0.6) is 0 Å². The van der Waals surface area contributed by atoms with Crippen LogP contribution in [0, 0.1) is 0 Å². The van der Waals surface area contributed by atoms with Crippen molar-refractivity contribution in [2.75, 3.05) is 23.5 Å². The summed E-state index contributed by atoms with van der Waals surface area (Å²) in [5.74, 6) is 0. The van der Waals surface area contributed by atoms with Gasteiger partial charge in [-0.1, -0.05) is 36.4 Å². The predicted octanol–water partition coefficient (Wildman–Crippen LogP) is 3.35. The van der Waals surface area contributed by atoms with E-state index in [1.54, 1.807) is 0 Å².